The number of nitrogens with zero attached hydrogens (tertiary/aromatic N) is 4. The second kappa shape index (κ2) is 6.55. The quantitative estimate of drug-likeness (QED) is 0.778. The van der Waals surface area contributed by atoms with E-state index in [1.807, 2.05) is 4.68 Å². The smallest absolute Gasteiger partial charge is 0.252 e. The third-order valence-corrected chi connectivity index (χ3v) is 7.62. The van der Waals surface area contributed by atoms with Gasteiger partial charge in [-0.15, -0.1) is 16.4 Å². The van der Waals surface area contributed by atoms with Crippen LogP contribution in [0, 0.1) is 5.92 Å². The van der Waals surface area contributed by atoms with Crippen LogP contribution in [0.25, 0.3) is 0 Å². The van der Waals surface area contributed by atoms with Crippen LogP contribution in [0.2, 0.25) is 0 Å². The first-order valence-corrected chi connectivity index (χ1v) is 10.5. The van der Waals surface area contributed by atoms with Gasteiger partial charge in [-0.3, -0.25) is 0 Å². The van der Waals surface area contributed by atoms with Crippen molar-refractivity contribution in [3.8, 4) is 0 Å². The second-order valence-corrected chi connectivity index (χ2v) is 9.40. The average Bonchev–Trinajstić information content (AvgIpc) is 3.13. The van der Waals surface area contributed by atoms with E-state index in [1.165, 1.54) is 28.5 Å². The van der Waals surface area contributed by atoms with Gasteiger partial charge < -0.3 is 4.74 Å². The monoisotopic (exact) mass is 368 g/mol. The molecule has 1 fully saturated rings. The van der Waals surface area contributed by atoms with Crippen molar-refractivity contribution in [3.63, 3.8) is 0 Å². The summed E-state index contributed by atoms with van der Waals surface area (Å²) >= 11 is 1.25. The molecule has 0 saturated heterocycles. The molecule has 1 aliphatic carbocycles. The molecular formula is C15H20N4O3S2. The number of hydrogen-bond acceptors (Lipinski definition) is 6. The minimum Gasteiger partial charge on any atom is -0.375 e. The zero-order valence-electron chi connectivity index (χ0n) is 13.3. The van der Waals surface area contributed by atoms with Gasteiger partial charge in [0.1, 0.15) is 9.90 Å². The molecule has 2 aromatic heterocycles. The summed E-state index contributed by atoms with van der Waals surface area (Å²) in [6.45, 7) is 2.63. The molecule has 0 spiro atoms. The summed E-state index contributed by atoms with van der Waals surface area (Å²) in [4.78, 5) is 0. The molecule has 1 saturated carbocycles. The lowest BCUT2D eigenvalue weighted by Crippen LogP contribution is -2.30. The highest BCUT2D eigenvalue weighted by Gasteiger charge is 2.30. The lowest BCUT2D eigenvalue weighted by molar-refractivity contribution is 0.108. The van der Waals surface area contributed by atoms with E-state index in [-0.39, 0.29) is 0 Å². The highest BCUT2D eigenvalue weighted by molar-refractivity contribution is 7.91. The van der Waals surface area contributed by atoms with Crippen molar-refractivity contribution in [1.29, 1.82) is 0 Å². The predicted molar refractivity (Wildman–Crippen MR) is 88.9 cm³/mol. The van der Waals surface area contributed by atoms with Gasteiger partial charge in [-0.25, -0.2) is 13.1 Å². The first kappa shape index (κ1) is 16.2. The Hall–Kier alpha value is -1.29. The topological polar surface area (TPSA) is 77.3 Å². The number of hydrogen-bond donors (Lipinski definition) is 0. The van der Waals surface area contributed by atoms with Crippen LogP contribution in [0.1, 0.15) is 30.7 Å². The molecule has 24 heavy (non-hydrogen) atoms. The Morgan fingerprint density at radius 1 is 1.33 bits per heavy atom. The highest BCUT2D eigenvalue weighted by atomic mass is 32.2. The van der Waals surface area contributed by atoms with E-state index in [0.717, 1.165) is 24.4 Å². The summed E-state index contributed by atoms with van der Waals surface area (Å²) in [5.74, 6) is 0.690. The van der Waals surface area contributed by atoms with Gasteiger partial charge in [0, 0.05) is 19.7 Å². The van der Waals surface area contributed by atoms with Gasteiger partial charge in [0.25, 0.3) is 10.0 Å². The summed E-state index contributed by atoms with van der Waals surface area (Å²) in [7, 11) is -3.46. The highest BCUT2D eigenvalue weighted by Crippen LogP contribution is 2.29. The van der Waals surface area contributed by atoms with Gasteiger partial charge in [-0.05, 0) is 36.6 Å². The minimum atomic E-state index is -3.46. The number of thiophene rings is 1. The van der Waals surface area contributed by atoms with Crippen LogP contribution >= 0.6 is 11.3 Å². The van der Waals surface area contributed by atoms with E-state index in [1.54, 1.807) is 17.5 Å². The number of fused-ring (bicyclic) bond motifs is 1. The molecule has 1 aliphatic heterocycles. The average molecular weight is 368 g/mol. The number of aromatic nitrogens is 3. The van der Waals surface area contributed by atoms with E-state index in [9.17, 15) is 8.42 Å². The van der Waals surface area contributed by atoms with Crippen LogP contribution < -0.4 is 0 Å². The van der Waals surface area contributed by atoms with Crippen molar-refractivity contribution in [1.82, 2.24) is 19.3 Å². The zero-order chi connectivity index (χ0) is 16.6. The Kier molecular flexibility index (Phi) is 4.42. The van der Waals surface area contributed by atoms with Crippen LogP contribution in [0.5, 0.6) is 0 Å². The summed E-state index contributed by atoms with van der Waals surface area (Å²) in [6, 6.07) is 3.42. The molecule has 2 aliphatic rings. The standard InChI is InChI=1S/C15H20N4O3S2/c20-24(21,15-3-1-8-23-15)18-6-2-7-19-14(9-18)13(16-17-19)11-22-10-12-4-5-12/h1,3,8,12H,2,4-7,9-11H2. The van der Waals surface area contributed by atoms with Gasteiger partial charge in [0.2, 0.25) is 0 Å². The fraction of sp³-hybridized carbons (Fsp3) is 0.600. The van der Waals surface area contributed by atoms with E-state index in [0.29, 0.717) is 36.4 Å². The lowest BCUT2D eigenvalue weighted by atomic mass is 10.3. The van der Waals surface area contributed by atoms with Crippen molar-refractivity contribution in [2.75, 3.05) is 13.2 Å². The van der Waals surface area contributed by atoms with Crippen molar-refractivity contribution in [2.45, 2.75) is 43.2 Å². The number of sulfonamides is 1. The largest absolute Gasteiger partial charge is 0.375 e. The van der Waals surface area contributed by atoms with Gasteiger partial charge in [-0.2, -0.15) is 4.31 Å². The Morgan fingerprint density at radius 3 is 2.96 bits per heavy atom. The Morgan fingerprint density at radius 2 is 2.21 bits per heavy atom. The van der Waals surface area contributed by atoms with Crippen LogP contribution in [0.15, 0.2) is 21.7 Å². The maximum atomic E-state index is 12.8. The molecule has 0 aromatic carbocycles. The number of rotatable bonds is 6. The first-order valence-electron chi connectivity index (χ1n) is 8.17. The van der Waals surface area contributed by atoms with E-state index in [4.69, 9.17) is 4.74 Å². The maximum absolute atomic E-state index is 12.8. The normalized spacial score (nSPS) is 19.2. The molecular weight excluding hydrogens is 348 g/mol. The van der Waals surface area contributed by atoms with Gasteiger partial charge in [-0.1, -0.05) is 11.3 Å². The second-order valence-electron chi connectivity index (χ2n) is 6.29. The molecule has 0 bridgehead atoms. The van der Waals surface area contributed by atoms with Crippen LogP contribution in [0.3, 0.4) is 0 Å². The summed E-state index contributed by atoms with van der Waals surface area (Å²) in [5, 5.41) is 10.2. The minimum absolute atomic E-state index is 0.301. The van der Waals surface area contributed by atoms with Gasteiger partial charge in [0.05, 0.1) is 18.8 Å². The summed E-state index contributed by atoms with van der Waals surface area (Å²) in [6.07, 6.45) is 3.21. The molecule has 0 atom stereocenters. The molecule has 3 heterocycles. The van der Waals surface area contributed by atoms with Crippen molar-refractivity contribution >= 4 is 21.4 Å². The van der Waals surface area contributed by atoms with Gasteiger partial charge >= 0.3 is 0 Å². The third kappa shape index (κ3) is 3.26. The van der Waals surface area contributed by atoms with Crippen LogP contribution in [-0.2, 0) is 34.5 Å². The molecule has 0 amide bonds. The molecule has 130 valence electrons. The summed E-state index contributed by atoms with van der Waals surface area (Å²) < 4.78 is 35.1. The number of aryl methyl sites for hydroxylation is 1. The third-order valence-electron chi connectivity index (χ3n) is 4.40. The van der Waals surface area contributed by atoms with Gasteiger partial charge in [0.15, 0.2) is 0 Å². The fourth-order valence-corrected chi connectivity index (χ4v) is 5.41. The molecule has 0 radical (unpaired) electrons. The van der Waals surface area contributed by atoms with E-state index >= 15 is 0 Å². The Bertz CT molecular complexity index is 797. The van der Waals surface area contributed by atoms with Crippen molar-refractivity contribution < 1.29 is 13.2 Å². The predicted octanol–water partition coefficient (Wildman–Crippen LogP) is 1.86. The summed E-state index contributed by atoms with van der Waals surface area (Å²) in [5.41, 5.74) is 1.60. The SMILES string of the molecule is O=S(=O)(c1cccs1)N1CCCn2nnc(COCC3CC3)c2C1. The molecule has 0 unspecified atom stereocenters. The molecule has 0 N–H and O–H groups in total. The Labute approximate surface area is 145 Å². The van der Waals surface area contributed by atoms with Crippen LogP contribution in [-0.4, -0.2) is 40.9 Å². The first-order chi connectivity index (χ1) is 11.6. The number of ether oxygens (including phenoxy) is 1. The lowest BCUT2D eigenvalue weighted by Gasteiger charge is -2.19. The van der Waals surface area contributed by atoms with Crippen molar-refractivity contribution in [3.05, 3.63) is 28.9 Å². The zero-order valence-corrected chi connectivity index (χ0v) is 14.9. The molecule has 9 heteroatoms. The molecule has 2 aromatic rings. The fourth-order valence-electron chi connectivity index (χ4n) is 2.83. The Balaban J connectivity index is 1.53. The van der Waals surface area contributed by atoms with E-state index in [2.05, 4.69) is 10.3 Å². The molecule has 7 nitrogen and oxygen atoms in total. The van der Waals surface area contributed by atoms with E-state index < -0.39 is 10.0 Å². The maximum Gasteiger partial charge on any atom is 0.252 e. The van der Waals surface area contributed by atoms with Crippen LogP contribution in [0.4, 0.5) is 0 Å². The molecule has 4 rings (SSSR count). The van der Waals surface area contributed by atoms with Crippen molar-refractivity contribution in [2.24, 2.45) is 5.92 Å².